The number of aliphatic hydroxyl groups excluding tert-OH is 2. The summed E-state index contributed by atoms with van der Waals surface area (Å²) in [7, 11) is 0. The Morgan fingerprint density at radius 1 is 1.05 bits per heavy atom. The van der Waals surface area contributed by atoms with Gasteiger partial charge in [-0.25, -0.2) is 0 Å². The maximum absolute atomic E-state index is 13.9. The molecular formula is C35H44N2O5. The summed E-state index contributed by atoms with van der Waals surface area (Å²) in [6.45, 7) is 6.26. The summed E-state index contributed by atoms with van der Waals surface area (Å²) in [6, 6.07) is 17.3. The molecule has 7 heteroatoms. The molecule has 0 saturated carbocycles. The van der Waals surface area contributed by atoms with Crippen molar-refractivity contribution in [3.05, 3.63) is 82.4 Å². The van der Waals surface area contributed by atoms with Crippen molar-refractivity contribution in [2.24, 2.45) is 17.8 Å². The van der Waals surface area contributed by atoms with E-state index in [0.29, 0.717) is 25.7 Å². The van der Waals surface area contributed by atoms with Crippen LogP contribution in [0.1, 0.15) is 63.5 Å². The van der Waals surface area contributed by atoms with E-state index in [2.05, 4.69) is 17.0 Å². The number of fused-ring (bicyclic) bond motifs is 1. The highest BCUT2D eigenvalue weighted by molar-refractivity contribution is 6.06. The van der Waals surface area contributed by atoms with Gasteiger partial charge in [0.25, 0.3) is 0 Å². The van der Waals surface area contributed by atoms with Gasteiger partial charge in [0.05, 0.1) is 24.5 Å². The molecule has 0 spiro atoms. The van der Waals surface area contributed by atoms with Crippen LogP contribution >= 0.6 is 0 Å². The number of benzene rings is 2. The first-order valence-electron chi connectivity index (χ1n) is 15.4. The van der Waals surface area contributed by atoms with Crippen LogP contribution in [0.5, 0.6) is 5.75 Å². The van der Waals surface area contributed by atoms with Gasteiger partial charge in [-0.2, -0.15) is 0 Å². The number of nitrogens with zero attached hydrogens (tertiary/aromatic N) is 2. The lowest BCUT2D eigenvalue weighted by Gasteiger charge is -2.37. The maximum Gasteiger partial charge on any atom is 0.234 e. The summed E-state index contributed by atoms with van der Waals surface area (Å²) < 4.78 is 0. The maximum atomic E-state index is 13.9. The van der Waals surface area contributed by atoms with Crippen molar-refractivity contribution < 1.29 is 24.9 Å². The Bertz CT molecular complexity index is 1330. The predicted octanol–water partition coefficient (Wildman–Crippen LogP) is 4.92. The molecule has 2 aromatic rings. The predicted molar refractivity (Wildman–Crippen MR) is 163 cm³/mol. The number of carbonyl (C=O) groups excluding carboxylic acids is 2. The molecule has 3 aliphatic rings. The number of phenolic OH excluding ortho intramolecular Hbond substituents is 1. The van der Waals surface area contributed by atoms with E-state index >= 15 is 0 Å². The Labute approximate surface area is 249 Å². The third-order valence-corrected chi connectivity index (χ3v) is 9.47. The summed E-state index contributed by atoms with van der Waals surface area (Å²) in [5, 5.41) is 31.8. The van der Waals surface area contributed by atoms with Gasteiger partial charge in [0.2, 0.25) is 11.8 Å². The number of piperidine rings is 1. The van der Waals surface area contributed by atoms with Gasteiger partial charge in [-0.3, -0.25) is 19.4 Å². The summed E-state index contributed by atoms with van der Waals surface area (Å²) in [5.74, 6) is -1.70. The molecule has 0 unspecified atom stereocenters. The summed E-state index contributed by atoms with van der Waals surface area (Å²) in [4.78, 5) is 31.5. The lowest BCUT2D eigenvalue weighted by atomic mass is 9.67. The molecule has 5 rings (SSSR count). The van der Waals surface area contributed by atoms with E-state index < -0.39 is 23.9 Å². The van der Waals surface area contributed by atoms with Crippen LogP contribution in [0.4, 0.5) is 0 Å². The van der Waals surface area contributed by atoms with E-state index in [9.17, 15) is 24.9 Å². The van der Waals surface area contributed by atoms with Gasteiger partial charge in [0, 0.05) is 31.6 Å². The third-order valence-electron chi connectivity index (χ3n) is 9.47. The zero-order valence-electron chi connectivity index (χ0n) is 24.8. The van der Waals surface area contributed by atoms with Crippen LogP contribution in [0.15, 0.2) is 71.3 Å². The van der Waals surface area contributed by atoms with Crippen molar-refractivity contribution in [3.8, 4) is 5.75 Å². The van der Waals surface area contributed by atoms with Crippen LogP contribution < -0.4 is 0 Å². The van der Waals surface area contributed by atoms with Crippen molar-refractivity contribution in [1.82, 2.24) is 9.80 Å². The van der Waals surface area contributed by atoms with Gasteiger partial charge in [-0.15, -0.1) is 0 Å². The minimum Gasteiger partial charge on any atom is -0.508 e. The van der Waals surface area contributed by atoms with Crippen LogP contribution in [0.3, 0.4) is 0 Å². The van der Waals surface area contributed by atoms with E-state index in [0.717, 1.165) is 54.8 Å². The molecule has 2 fully saturated rings. The lowest BCUT2D eigenvalue weighted by molar-refractivity contribution is -0.144. The number of hydrogen-bond acceptors (Lipinski definition) is 6. The smallest absolute Gasteiger partial charge is 0.234 e. The van der Waals surface area contributed by atoms with Crippen LogP contribution in [0, 0.1) is 17.8 Å². The van der Waals surface area contributed by atoms with E-state index in [4.69, 9.17) is 0 Å². The minimum absolute atomic E-state index is 0.102. The van der Waals surface area contributed by atoms with Crippen molar-refractivity contribution in [3.63, 3.8) is 0 Å². The van der Waals surface area contributed by atoms with E-state index in [1.807, 2.05) is 44.2 Å². The summed E-state index contributed by atoms with van der Waals surface area (Å²) in [6.07, 6.45) is 4.92. The Kier molecular flexibility index (Phi) is 9.61. The largest absolute Gasteiger partial charge is 0.508 e. The zero-order chi connectivity index (χ0) is 29.8. The van der Waals surface area contributed by atoms with Gasteiger partial charge >= 0.3 is 0 Å². The van der Waals surface area contributed by atoms with E-state index in [1.54, 1.807) is 18.2 Å². The monoisotopic (exact) mass is 572 g/mol. The van der Waals surface area contributed by atoms with E-state index in [1.165, 1.54) is 10.5 Å². The number of hydrogen-bond donors (Lipinski definition) is 3. The van der Waals surface area contributed by atoms with Crippen molar-refractivity contribution >= 4 is 17.9 Å². The number of amides is 2. The fourth-order valence-corrected chi connectivity index (χ4v) is 7.35. The molecule has 2 aliphatic heterocycles. The van der Waals surface area contributed by atoms with Gasteiger partial charge < -0.3 is 15.3 Å². The topological polar surface area (TPSA) is 101 Å². The normalized spacial score (nSPS) is 24.8. The van der Waals surface area contributed by atoms with Gasteiger partial charge in [0.15, 0.2) is 0 Å². The van der Waals surface area contributed by atoms with Crippen LogP contribution in [0.25, 0.3) is 6.08 Å². The lowest BCUT2D eigenvalue weighted by Crippen LogP contribution is -2.47. The molecule has 2 aromatic carbocycles. The standard InChI is InChI=1S/C35H44N2O5/c1-3-26-20-29-33(30(22-38)32(26)31(40)13-12-23(2)18-25-10-7-11-28(39)19-25)35(42)37(34(29)41)27-14-16-36(17-15-27)21-24-8-5-4-6-9-24/h4-11,18-19,27,29-31,33,38-40H,3,12-17,20-22H2,1-2H3/b23-18+/t29-,30+,31-,33-/m1/s1. The second kappa shape index (κ2) is 13.4. The highest BCUT2D eigenvalue weighted by Crippen LogP contribution is 2.48. The molecule has 42 heavy (non-hydrogen) atoms. The number of aromatic hydroxyl groups is 1. The fourth-order valence-electron chi connectivity index (χ4n) is 7.35. The van der Waals surface area contributed by atoms with Gasteiger partial charge in [-0.1, -0.05) is 66.6 Å². The first-order chi connectivity index (χ1) is 20.3. The number of imide groups is 1. The molecule has 2 amide bonds. The SMILES string of the molecule is CCC1=C([C@H](O)CC/C(C)=C/c2cccc(O)c2)[C@H](CO)[C@@H]2C(=O)N(C3CCN(Cc4ccccc4)CC3)C(=O)[C@@H]2C1. The average Bonchev–Trinajstić information content (AvgIpc) is 3.24. The van der Waals surface area contributed by atoms with E-state index in [-0.39, 0.29) is 30.2 Å². The third kappa shape index (κ3) is 6.38. The second-order valence-corrected chi connectivity index (χ2v) is 12.2. The van der Waals surface area contributed by atoms with Crippen molar-refractivity contribution in [2.45, 2.75) is 71.1 Å². The van der Waals surface area contributed by atoms with Crippen molar-refractivity contribution in [2.75, 3.05) is 19.7 Å². The van der Waals surface area contributed by atoms with Crippen LogP contribution in [-0.4, -0.2) is 68.8 Å². The second-order valence-electron chi connectivity index (χ2n) is 12.2. The first kappa shape index (κ1) is 30.2. The molecule has 0 bridgehead atoms. The Morgan fingerprint density at radius 3 is 2.45 bits per heavy atom. The Hall–Kier alpha value is -3.26. The molecule has 7 nitrogen and oxygen atoms in total. The zero-order valence-corrected chi connectivity index (χ0v) is 24.8. The van der Waals surface area contributed by atoms with Gasteiger partial charge in [-0.05, 0) is 74.3 Å². The molecule has 2 saturated heterocycles. The summed E-state index contributed by atoms with van der Waals surface area (Å²) >= 11 is 0. The number of likely N-dealkylation sites (tertiary alicyclic amines) is 2. The van der Waals surface area contributed by atoms with Crippen LogP contribution in [0.2, 0.25) is 0 Å². The number of allylic oxidation sites excluding steroid dienone is 2. The van der Waals surface area contributed by atoms with Crippen LogP contribution in [-0.2, 0) is 16.1 Å². The molecule has 0 radical (unpaired) electrons. The molecule has 2 heterocycles. The molecule has 4 atom stereocenters. The Balaban J connectivity index is 1.26. The summed E-state index contributed by atoms with van der Waals surface area (Å²) in [5.41, 5.74) is 4.97. The minimum atomic E-state index is -0.802. The quantitative estimate of drug-likeness (QED) is 0.276. The van der Waals surface area contributed by atoms with Crippen molar-refractivity contribution in [1.29, 1.82) is 0 Å². The molecule has 0 aromatic heterocycles. The molecule has 1 aliphatic carbocycles. The Morgan fingerprint density at radius 2 is 1.79 bits per heavy atom. The van der Waals surface area contributed by atoms with Gasteiger partial charge in [0.1, 0.15) is 5.75 Å². The average molecular weight is 573 g/mol. The fraction of sp³-hybridized carbons (Fsp3) is 0.486. The number of phenols is 1. The molecule has 3 N–H and O–H groups in total. The first-order valence-corrected chi connectivity index (χ1v) is 15.4. The number of carbonyl (C=O) groups is 2. The highest BCUT2D eigenvalue weighted by Gasteiger charge is 2.56. The molecule has 224 valence electrons. The molecular weight excluding hydrogens is 528 g/mol. The number of rotatable bonds is 10. The number of aliphatic hydroxyl groups is 2. The highest BCUT2D eigenvalue weighted by atomic mass is 16.3.